The molecular formula is C13H18NNaO3S. The minimum atomic E-state index is -3.23. The van der Waals surface area contributed by atoms with E-state index in [9.17, 15) is 8.42 Å². The average Bonchev–Trinajstić information content (AvgIpc) is 2.66. The van der Waals surface area contributed by atoms with Crippen molar-refractivity contribution in [1.29, 1.82) is 0 Å². The molecule has 0 saturated heterocycles. The molecule has 0 bridgehead atoms. The zero-order chi connectivity index (χ0) is 13.2. The molecule has 0 unspecified atom stereocenters. The van der Waals surface area contributed by atoms with Crippen molar-refractivity contribution in [3.05, 3.63) is 30.0 Å². The van der Waals surface area contributed by atoms with Crippen LogP contribution in [0.25, 0.3) is 11.0 Å². The van der Waals surface area contributed by atoms with Crippen molar-refractivity contribution in [1.82, 2.24) is 0 Å². The predicted molar refractivity (Wildman–Crippen MR) is 80.4 cm³/mol. The van der Waals surface area contributed by atoms with E-state index in [1.165, 1.54) is 0 Å². The Kier molecular flexibility index (Phi) is 5.92. The molecule has 6 heteroatoms. The van der Waals surface area contributed by atoms with Crippen LogP contribution in [-0.4, -0.2) is 44.2 Å². The van der Waals surface area contributed by atoms with E-state index in [1.54, 1.807) is 18.2 Å². The molecule has 2 aromatic rings. The number of nitrogens with one attached hydrogen (secondary N) is 1. The van der Waals surface area contributed by atoms with Gasteiger partial charge in [-0.3, -0.25) is 4.72 Å². The monoisotopic (exact) mass is 291 g/mol. The van der Waals surface area contributed by atoms with Gasteiger partial charge in [0.15, 0.2) is 0 Å². The van der Waals surface area contributed by atoms with Crippen molar-refractivity contribution in [2.24, 2.45) is 0 Å². The van der Waals surface area contributed by atoms with Gasteiger partial charge in [0, 0.05) is 17.5 Å². The molecule has 0 aliphatic rings. The van der Waals surface area contributed by atoms with Crippen molar-refractivity contribution < 1.29 is 12.8 Å². The summed E-state index contributed by atoms with van der Waals surface area (Å²) in [5.74, 6) is 0.948. The zero-order valence-electron chi connectivity index (χ0n) is 10.6. The van der Waals surface area contributed by atoms with Crippen LogP contribution < -0.4 is 4.72 Å². The van der Waals surface area contributed by atoms with E-state index in [0.717, 1.165) is 42.2 Å². The molecule has 2 rings (SSSR count). The normalized spacial score (nSPS) is 11.3. The summed E-state index contributed by atoms with van der Waals surface area (Å²) in [4.78, 5) is 0. The Balaban J connectivity index is 0.00000180. The molecule has 0 atom stereocenters. The van der Waals surface area contributed by atoms with Gasteiger partial charge in [0.1, 0.15) is 11.3 Å². The topological polar surface area (TPSA) is 59.3 Å². The van der Waals surface area contributed by atoms with E-state index in [-0.39, 0.29) is 29.6 Å². The summed E-state index contributed by atoms with van der Waals surface area (Å²) in [6, 6.07) is 7.25. The summed E-state index contributed by atoms with van der Waals surface area (Å²) in [7, 11) is -3.23. The number of sulfonamides is 1. The van der Waals surface area contributed by atoms with Gasteiger partial charge in [-0.25, -0.2) is 8.42 Å². The van der Waals surface area contributed by atoms with Crippen LogP contribution in [0.3, 0.4) is 0 Å². The zero-order valence-corrected chi connectivity index (χ0v) is 11.4. The van der Waals surface area contributed by atoms with Crippen LogP contribution in [0.2, 0.25) is 0 Å². The van der Waals surface area contributed by atoms with Crippen LogP contribution in [0.4, 0.5) is 5.69 Å². The fourth-order valence-corrected chi connectivity index (χ4v) is 2.41. The van der Waals surface area contributed by atoms with Crippen LogP contribution in [0.15, 0.2) is 28.7 Å². The SMILES string of the molecule is CCCCc1cc2cc(NS(C)(=O)=O)ccc2o1.[NaH]. The molecule has 0 aliphatic carbocycles. The molecular weight excluding hydrogens is 273 g/mol. The van der Waals surface area contributed by atoms with Gasteiger partial charge in [-0.15, -0.1) is 0 Å². The third-order valence-electron chi connectivity index (χ3n) is 2.65. The first-order valence-electron chi connectivity index (χ1n) is 5.98. The van der Waals surface area contributed by atoms with Gasteiger partial charge in [0.2, 0.25) is 10.0 Å². The van der Waals surface area contributed by atoms with Crippen molar-refractivity contribution in [2.75, 3.05) is 11.0 Å². The van der Waals surface area contributed by atoms with Crippen LogP contribution in [-0.2, 0) is 16.4 Å². The van der Waals surface area contributed by atoms with Crippen LogP contribution in [0.5, 0.6) is 0 Å². The Morgan fingerprint density at radius 3 is 2.63 bits per heavy atom. The molecule has 1 heterocycles. The van der Waals surface area contributed by atoms with E-state index in [2.05, 4.69) is 11.6 Å². The molecule has 1 aromatic heterocycles. The second-order valence-electron chi connectivity index (χ2n) is 4.44. The number of hydrogen-bond donors (Lipinski definition) is 1. The third kappa shape index (κ3) is 4.84. The summed E-state index contributed by atoms with van der Waals surface area (Å²) in [5.41, 5.74) is 1.35. The third-order valence-corrected chi connectivity index (χ3v) is 3.25. The first-order valence-corrected chi connectivity index (χ1v) is 7.87. The minimum absolute atomic E-state index is 0. The molecule has 1 aromatic carbocycles. The van der Waals surface area contributed by atoms with Gasteiger partial charge < -0.3 is 4.42 Å². The Hall–Kier alpha value is -0.490. The number of rotatable bonds is 5. The Labute approximate surface area is 135 Å². The van der Waals surface area contributed by atoms with Gasteiger partial charge in [-0.1, -0.05) is 13.3 Å². The summed E-state index contributed by atoms with van der Waals surface area (Å²) >= 11 is 0. The Morgan fingerprint density at radius 1 is 1.26 bits per heavy atom. The molecule has 0 fully saturated rings. The Morgan fingerprint density at radius 2 is 2.00 bits per heavy atom. The number of furan rings is 1. The average molecular weight is 291 g/mol. The number of unbranched alkanes of at least 4 members (excludes halogenated alkanes) is 1. The number of anilines is 1. The Bertz CT molecular complexity index is 649. The van der Waals surface area contributed by atoms with E-state index in [1.807, 2.05) is 6.07 Å². The van der Waals surface area contributed by atoms with Crippen molar-refractivity contribution in [3.63, 3.8) is 0 Å². The predicted octanol–water partition coefficient (Wildman–Crippen LogP) is 2.50. The summed E-state index contributed by atoms with van der Waals surface area (Å²) < 4.78 is 30.4. The number of fused-ring (bicyclic) bond motifs is 1. The molecule has 0 radical (unpaired) electrons. The van der Waals surface area contributed by atoms with Crippen LogP contribution in [0, 0.1) is 0 Å². The van der Waals surface area contributed by atoms with Crippen molar-refractivity contribution in [3.8, 4) is 0 Å². The van der Waals surface area contributed by atoms with Gasteiger partial charge in [-0.05, 0) is 30.7 Å². The fourth-order valence-electron chi connectivity index (χ4n) is 1.85. The summed E-state index contributed by atoms with van der Waals surface area (Å²) in [5, 5.41) is 0.926. The van der Waals surface area contributed by atoms with E-state index >= 15 is 0 Å². The number of benzene rings is 1. The van der Waals surface area contributed by atoms with Crippen molar-refractivity contribution >= 4 is 56.2 Å². The second-order valence-corrected chi connectivity index (χ2v) is 6.19. The standard InChI is InChI=1S/C13H17NO3S.Na.H/c1-3-4-5-12-9-10-8-11(14-18(2,15)16)6-7-13(10)17-12;;/h6-9,14H,3-5H2,1-2H3;;. The maximum atomic E-state index is 11.1. The number of hydrogen-bond acceptors (Lipinski definition) is 3. The quantitative estimate of drug-likeness (QED) is 0.861. The number of aryl methyl sites for hydroxylation is 1. The van der Waals surface area contributed by atoms with Gasteiger partial charge in [0.05, 0.1) is 6.26 Å². The molecule has 0 spiro atoms. The first kappa shape index (κ1) is 16.6. The van der Waals surface area contributed by atoms with Gasteiger partial charge in [-0.2, -0.15) is 0 Å². The van der Waals surface area contributed by atoms with Gasteiger partial charge >= 0.3 is 29.6 Å². The second kappa shape index (κ2) is 6.79. The molecule has 100 valence electrons. The summed E-state index contributed by atoms with van der Waals surface area (Å²) in [6.07, 6.45) is 4.27. The first-order chi connectivity index (χ1) is 8.48. The van der Waals surface area contributed by atoms with Gasteiger partial charge in [0.25, 0.3) is 0 Å². The van der Waals surface area contributed by atoms with Crippen LogP contribution >= 0.6 is 0 Å². The van der Waals surface area contributed by atoms with Crippen LogP contribution in [0.1, 0.15) is 25.5 Å². The molecule has 0 amide bonds. The van der Waals surface area contributed by atoms with E-state index in [0.29, 0.717) is 5.69 Å². The van der Waals surface area contributed by atoms with Crippen molar-refractivity contribution in [2.45, 2.75) is 26.2 Å². The molecule has 4 nitrogen and oxygen atoms in total. The fraction of sp³-hybridized carbons (Fsp3) is 0.385. The van der Waals surface area contributed by atoms with E-state index < -0.39 is 10.0 Å². The molecule has 1 N–H and O–H groups in total. The molecule has 0 aliphatic heterocycles. The molecule has 19 heavy (non-hydrogen) atoms. The summed E-state index contributed by atoms with van der Waals surface area (Å²) in [6.45, 7) is 2.14. The maximum absolute atomic E-state index is 11.1. The van der Waals surface area contributed by atoms with E-state index in [4.69, 9.17) is 4.42 Å². The molecule has 0 saturated carbocycles.